The Labute approximate surface area is 191 Å². The van der Waals surface area contributed by atoms with Crippen LogP contribution in [0.25, 0.3) is 11.3 Å². The average molecular weight is 471 g/mol. The van der Waals surface area contributed by atoms with Gasteiger partial charge >= 0.3 is 6.09 Å². The predicted molar refractivity (Wildman–Crippen MR) is 119 cm³/mol. The van der Waals surface area contributed by atoms with E-state index in [1.165, 1.54) is 41.6 Å². The number of nitriles is 1. The van der Waals surface area contributed by atoms with E-state index >= 15 is 0 Å². The van der Waals surface area contributed by atoms with Gasteiger partial charge < -0.3 is 10.0 Å². The molecular weight excluding hydrogens is 447 g/mol. The van der Waals surface area contributed by atoms with E-state index in [1.54, 1.807) is 6.07 Å². The minimum atomic E-state index is -4.41. The molecule has 3 rings (SSSR count). The summed E-state index contributed by atoms with van der Waals surface area (Å²) in [5, 5.41) is 19.1. The van der Waals surface area contributed by atoms with Gasteiger partial charge in [-0.2, -0.15) is 5.26 Å². The molecule has 0 saturated heterocycles. The first-order chi connectivity index (χ1) is 15.4. The lowest BCUT2D eigenvalue weighted by atomic mass is 9.96. The molecule has 0 fully saturated rings. The molecule has 0 aliphatic rings. The van der Waals surface area contributed by atoms with Crippen LogP contribution >= 0.6 is 0 Å². The Hall–Kier alpha value is -3.71. The minimum absolute atomic E-state index is 0.0167. The lowest BCUT2D eigenvalue weighted by molar-refractivity contribution is 0.123. The molecule has 1 N–H and O–H groups in total. The predicted octanol–water partition coefficient (Wildman–Crippen LogP) is 4.32. The molecule has 8 nitrogen and oxygen atoms in total. The molecule has 33 heavy (non-hydrogen) atoms. The van der Waals surface area contributed by atoms with Gasteiger partial charge in [-0.05, 0) is 41.3 Å². The lowest BCUT2D eigenvalue weighted by Gasteiger charge is -2.27. The highest BCUT2D eigenvalue weighted by Gasteiger charge is 2.27. The van der Waals surface area contributed by atoms with Crippen LogP contribution < -0.4 is 0 Å². The van der Waals surface area contributed by atoms with Crippen molar-refractivity contribution < 1.29 is 22.7 Å². The van der Waals surface area contributed by atoms with Crippen LogP contribution in [0.5, 0.6) is 0 Å². The first kappa shape index (κ1) is 23.9. The van der Waals surface area contributed by atoms with E-state index in [1.807, 2.05) is 26.8 Å². The maximum Gasteiger partial charge on any atom is 0.407 e. The fraction of sp³-hybridized carbons (Fsp3) is 0.261. The number of benzene rings is 1. The Morgan fingerprint density at radius 3 is 2.55 bits per heavy atom. The smallest absolute Gasteiger partial charge is 0.407 e. The number of hydrogen-bond acceptors (Lipinski definition) is 5. The summed E-state index contributed by atoms with van der Waals surface area (Å²) in [7, 11) is -4.41. The van der Waals surface area contributed by atoms with Gasteiger partial charge in [0.1, 0.15) is 22.5 Å². The first-order valence-electron chi connectivity index (χ1n) is 9.99. The fourth-order valence-electron chi connectivity index (χ4n) is 3.42. The number of pyridine rings is 1. The molecule has 0 saturated carbocycles. The Bertz CT molecular complexity index is 1340. The minimum Gasteiger partial charge on any atom is -0.465 e. The second kappa shape index (κ2) is 9.03. The van der Waals surface area contributed by atoms with Crippen molar-refractivity contribution in [1.82, 2.24) is 13.9 Å². The van der Waals surface area contributed by atoms with Crippen molar-refractivity contribution in [2.75, 3.05) is 6.54 Å². The van der Waals surface area contributed by atoms with Gasteiger partial charge in [0.15, 0.2) is 0 Å². The van der Waals surface area contributed by atoms with E-state index in [0.29, 0.717) is 5.56 Å². The van der Waals surface area contributed by atoms with Crippen molar-refractivity contribution in [2.45, 2.75) is 32.2 Å². The van der Waals surface area contributed by atoms with Crippen molar-refractivity contribution in [3.63, 3.8) is 0 Å². The molecule has 0 atom stereocenters. The molecule has 1 amide bonds. The summed E-state index contributed by atoms with van der Waals surface area (Å²) in [6.07, 6.45) is 1.50. The van der Waals surface area contributed by atoms with Gasteiger partial charge in [-0.1, -0.05) is 32.9 Å². The molecule has 172 valence electrons. The monoisotopic (exact) mass is 470 g/mol. The molecule has 10 heteroatoms. The second-order valence-corrected chi connectivity index (χ2v) is 10.5. The molecule has 3 aromatic rings. The third kappa shape index (κ3) is 5.21. The Balaban J connectivity index is 2.20. The van der Waals surface area contributed by atoms with E-state index in [9.17, 15) is 28.0 Å². The lowest BCUT2D eigenvalue weighted by Crippen LogP contribution is -2.36. The van der Waals surface area contributed by atoms with Crippen LogP contribution in [-0.2, 0) is 16.6 Å². The molecule has 0 unspecified atom stereocenters. The largest absolute Gasteiger partial charge is 0.465 e. The SMILES string of the molecule is CC(C)(C)CN(Cc1cc(-c2cccnc2C#N)n(S(=O)(=O)c2ccccc2F)c1)C(=O)O. The van der Waals surface area contributed by atoms with Crippen LogP contribution in [0.4, 0.5) is 9.18 Å². The summed E-state index contributed by atoms with van der Waals surface area (Å²) < 4.78 is 42.1. The average Bonchev–Trinajstić information content (AvgIpc) is 3.17. The molecule has 0 bridgehead atoms. The molecule has 0 spiro atoms. The Morgan fingerprint density at radius 2 is 1.94 bits per heavy atom. The molecule has 0 radical (unpaired) electrons. The number of amides is 1. The molecule has 2 heterocycles. The number of rotatable bonds is 6. The highest BCUT2D eigenvalue weighted by molar-refractivity contribution is 7.90. The number of halogens is 1. The Kier molecular flexibility index (Phi) is 6.56. The fourth-order valence-corrected chi connectivity index (χ4v) is 4.88. The highest BCUT2D eigenvalue weighted by atomic mass is 32.2. The van der Waals surface area contributed by atoms with Crippen molar-refractivity contribution in [1.29, 1.82) is 5.26 Å². The van der Waals surface area contributed by atoms with Crippen molar-refractivity contribution in [3.05, 3.63) is 71.9 Å². The number of aromatic nitrogens is 2. The summed E-state index contributed by atoms with van der Waals surface area (Å²) in [4.78, 5) is 16.4. The first-order valence-corrected chi connectivity index (χ1v) is 11.4. The van der Waals surface area contributed by atoms with Gasteiger partial charge in [0.2, 0.25) is 0 Å². The third-order valence-corrected chi connectivity index (χ3v) is 6.42. The van der Waals surface area contributed by atoms with Crippen molar-refractivity contribution >= 4 is 16.1 Å². The van der Waals surface area contributed by atoms with Crippen LogP contribution in [0.3, 0.4) is 0 Å². The van der Waals surface area contributed by atoms with Gasteiger partial charge in [0, 0.05) is 24.5 Å². The quantitative estimate of drug-likeness (QED) is 0.573. The van der Waals surface area contributed by atoms with Crippen LogP contribution in [0.2, 0.25) is 0 Å². The zero-order chi connectivity index (χ0) is 24.4. The molecule has 0 aliphatic carbocycles. The number of carbonyl (C=O) groups is 1. The molecule has 1 aromatic carbocycles. The van der Waals surface area contributed by atoms with Crippen LogP contribution in [0.1, 0.15) is 32.0 Å². The van der Waals surface area contributed by atoms with Gasteiger partial charge in [0.25, 0.3) is 10.0 Å². The summed E-state index contributed by atoms with van der Waals surface area (Å²) in [5.41, 5.74) is 0.324. The highest BCUT2D eigenvalue weighted by Crippen LogP contribution is 2.30. The summed E-state index contributed by atoms with van der Waals surface area (Å²) >= 11 is 0. The number of carboxylic acid groups (broad SMARTS) is 1. The van der Waals surface area contributed by atoms with Gasteiger partial charge in [-0.15, -0.1) is 0 Å². The van der Waals surface area contributed by atoms with Gasteiger partial charge in [-0.25, -0.2) is 26.6 Å². The normalized spacial score (nSPS) is 11.7. The van der Waals surface area contributed by atoms with Crippen LogP contribution in [-0.4, -0.2) is 40.0 Å². The Morgan fingerprint density at radius 1 is 1.24 bits per heavy atom. The van der Waals surface area contributed by atoms with E-state index in [-0.39, 0.29) is 35.5 Å². The van der Waals surface area contributed by atoms with Gasteiger partial charge in [0.05, 0.1) is 12.2 Å². The van der Waals surface area contributed by atoms with E-state index in [4.69, 9.17) is 0 Å². The standard InChI is InChI=1S/C23H23FN4O4S/c1-23(2,3)15-27(22(29)30)13-16-11-20(17-7-6-10-26-19(17)12-25)28(14-16)33(31,32)21-9-5-4-8-18(21)24/h4-11,14H,13,15H2,1-3H3,(H,29,30). The zero-order valence-electron chi connectivity index (χ0n) is 18.4. The number of hydrogen-bond donors (Lipinski definition) is 1. The van der Waals surface area contributed by atoms with Crippen LogP contribution in [0, 0.1) is 22.6 Å². The summed E-state index contributed by atoms with van der Waals surface area (Å²) in [6, 6.07) is 11.4. The zero-order valence-corrected chi connectivity index (χ0v) is 19.2. The molecule has 0 aliphatic heterocycles. The van der Waals surface area contributed by atoms with E-state index < -0.39 is 26.8 Å². The van der Waals surface area contributed by atoms with E-state index in [0.717, 1.165) is 16.1 Å². The number of nitrogens with zero attached hydrogens (tertiary/aromatic N) is 4. The third-order valence-electron chi connectivity index (χ3n) is 4.71. The maximum absolute atomic E-state index is 14.4. The topological polar surface area (TPSA) is 116 Å². The van der Waals surface area contributed by atoms with Gasteiger partial charge in [-0.3, -0.25) is 0 Å². The summed E-state index contributed by atoms with van der Waals surface area (Å²) in [6.45, 7) is 5.77. The van der Waals surface area contributed by atoms with E-state index in [2.05, 4.69) is 4.98 Å². The maximum atomic E-state index is 14.4. The molecular formula is C23H23FN4O4S. The summed E-state index contributed by atoms with van der Waals surface area (Å²) in [5.74, 6) is -0.926. The molecule has 2 aromatic heterocycles. The van der Waals surface area contributed by atoms with Crippen molar-refractivity contribution in [3.8, 4) is 17.3 Å². The second-order valence-electron chi connectivity index (χ2n) is 8.68. The van der Waals surface area contributed by atoms with Crippen LogP contribution in [0.15, 0.2) is 59.8 Å². The van der Waals surface area contributed by atoms with Crippen molar-refractivity contribution in [2.24, 2.45) is 5.41 Å².